The summed E-state index contributed by atoms with van der Waals surface area (Å²) in [7, 11) is 0. The van der Waals surface area contributed by atoms with Gasteiger partial charge in [-0.1, -0.05) is 40.0 Å². The summed E-state index contributed by atoms with van der Waals surface area (Å²) in [6.07, 6.45) is 4.12. The van der Waals surface area contributed by atoms with Crippen molar-refractivity contribution in [3.63, 3.8) is 0 Å². The van der Waals surface area contributed by atoms with E-state index < -0.39 is 0 Å². The molecule has 1 aliphatic rings. The minimum Gasteiger partial charge on any atom is -0.126 e. The Bertz CT molecular complexity index is 331. The van der Waals surface area contributed by atoms with E-state index in [1.807, 2.05) is 30.0 Å². The molecule has 0 heterocycles. The minimum absolute atomic E-state index is 0.549. The Kier molecular flexibility index (Phi) is 4.03. The molecule has 0 atom stereocenters. The highest BCUT2D eigenvalue weighted by molar-refractivity contribution is 9.09. The molecule has 2 rings (SSSR count). The van der Waals surface area contributed by atoms with Gasteiger partial charge in [0.05, 0.1) is 0 Å². The summed E-state index contributed by atoms with van der Waals surface area (Å²) in [6.45, 7) is 0. The molecule has 0 aliphatic heterocycles. The molecule has 1 fully saturated rings. The molecular weight excluding hydrogens is 292 g/mol. The number of benzene rings is 1. The lowest BCUT2D eigenvalue weighted by atomic mass is 9.72. The van der Waals surface area contributed by atoms with E-state index in [2.05, 4.69) is 22.0 Å². The van der Waals surface area contributed by atoms with Crippen molar-refractivity contribution in [2.45, 2.75) is 24.2 Å². The first-order valence-corrected chi connectivity index (χ1v) is 7.67. The van der Waals surface area contributed by atoms with Crippen molar-refractivity contribution in [3.05, 3.63) is 29.3 Å². The molecule has 15 heavy (non-hydrogen) atoms. The van der Waals surface area contributed by atoms with Gasteiger partial charge < -0.3 is 0 Å². The van der Waals surface area contributed by atoms with Crippen molar-refractivity contribution in [2.75, 3.05) is 11.1 Å². The number of thioether (sulfide) groups is 1. The highest BCUT2D eigenvalue weighted by atomic mass is 79.9. The molecule has 1 aliphatic carbocycles. The summed E-state index contributed by atoms with van der Waals surface area (Å²) in [5.41, 5.74) is 0.549. The highest BCUT2D eigenvalue weighted by Crippen LogP contribution is 2.46. The van der Waals surface area contributed by atoms with Crippen LogP contribution in [0.3, 0.4) is 0 Å². The fourth-order valence-corrected chi connectivity index (χ4v) is 4.31. The summed E-state index contributed by atoms with van der Waals surface area (Å²) in [5, 5.41) is 1.97. The Morgan fingerprint density at radius 1 is 1.40 bits per heavy atom. The second-order valence-corrected chi connectivity index (χ2v) is 6.28. The van der Waals surface area contributed by atoms with Crippen LogP contribution in [0.1, 0.15) is 19.3 Å². The van der Waals surface area contributed by atoms with Crippen LogP contribution >= 0.6 is 39.3 Å². The SMILES string of the molecule is Clc1cccc(SCC2(CBr)CCC2)c1. The molecule has 82 valence electrons. The molecule has 0 aromatic heterocycles. The summed E-state index contributed by atoms with van der Waals surface area (Å²) in [5.74, 6) is 1.21. The first-order valence-electron chi connectivity index (χ1n) is 5.18. The molecule has 0 bridgehead atoms. The van der Waals surface area contributed by atoms with Gasteiger partial charge in [0.2, 0.25) is 0 Å². The van der Waals surface area contributed by atoms with E-state index in [1.165, 1.54) is 29.9 Å². The van der Waals surface area contributed by atoms with Crippen molar-refractivity contribution in [2.24, 2.45) is 5.41 Å². The van der Waals surface area contributed by atoms with E-state index in [1.54, 1.807) is 0 Å². The van der Waals surface area contributed by atoms with Crippen molar-refractivity contribution in [1.82, 2.24) is 0 Å². The highest BCUT2D eigenvalue weighted by Gasteiger charge is 2.35. The van der Waals surface area contributed by atoms with Gasteiger partial charge >= 0.3 is 0 Å². The summed E-state index contributed by atoms with van der Waals surface area (Å²) in [6, 6.07) is 8.13. The van der Waals surface area contributed by atoms with Gasteiger partial charge in [0, 0.05) is 21.0 Å². The molecular formula is C12H14BrClS. The third-order valence-electron chi connectivity index (χ3n) is 3.04. The predicted molar refractivity (Wildman–Crippen MR) is 72.3 cm³/mol. The third-order valence-corrected chi connectivity index (χ3v) is 5.81. The van der Waals surface area contributed by atoms with Gasteiger partial charge in [-0.15, -0.1) is 11.8 Å². The van der Waals surface area contributed by atoms with Crippen molar-refractivity contribution in [3.8, 4) is 0 Å². The summed E-state index contributed by atoms with van der Waals surface area (Å²) >= 11 is 11.5. The second-order valence-electron chi connectivity index (χ2n) is 4.23. The van der Waals surface area contributed by atoms with Crippen LogP contribution < -0.4 is 0 Å². The number of halogens is 2. The average Bonchev–Trinajstić information content (AvgIpc) is 2.17. The molecule has 1 saturated carbocycles. The Balaban J connectivity index is 1.92. The fraction of sp³-hybridized carbons (Fsp3) is 0.500. The van der Waals surface area contributed by atoms with Crippen LogP contribution in [0.15, 0.2) is 29.2 Å². The zero-order chi connectivity index (χ0) is 10.7. The number of alkyl halides is 1. The maximum atomic E-state index is 5.95. The molecule has 0 amide bonds. The van der Waals surface area contributed by atoms with Gasteiger partial charge in [-0.3, -0.25) is 0 Å². The van der Waals surface area contributed by atoms with Crippen LogP contribution in [0.4, 0.5) is 0 Å². The van der Waals surface area contributed by atoms with Crippen LogP contribution in [0.5, 0.6) is 0 Å². The lowest BCUT2D eigenvalue weighted by Gasteiger charge is -2.40. The van der Waals surface area contributed by atoms with Gasteiger partial charge in [-0.2, -0.15) is 0 Å². The van der Waals surface area contributed by atoms with Gasteiger partial charge in [0.15, 0.2) is 0 Å². The van der Waals surface area contributed by atoms with Gasteiger partial charge in [0.1, 0.15) is 0 Å². The zero-order valence-electron chi connectivity index (χ0n) is 8.51. The standard InChI is InChI=1S/C12H14BrClS/c13-8-12(5-2-6-12)9-15-11-4-1-3-10(14)7-11/h1,3-4,7H,2,5-6,8-9H2. The van der Waals surface area contributed by atoms with Crippen LogP contribution in [0.25, 0.3) is 0 Å². The smallest absolute Gasteiger partial charge is 0.0417 e. The number of hydrogen-bond acceptors (Lipinski definition) is 1. The molecule has 0 spiro atoms. The largest absolute Gasteiger partial charge is 0.126 e. The average molecular weight is 306 g/mol. The molecule has 3 heteroatoms. The molecule has 1 aromatic carbocycles. The van der Waals surface area contributed by atoms with Crippen molar-refractivity contribution >= 4 is 39.3 Å². The monoisotopic (exact) mass is 304 g/mol. The van der Waals surface area contributed by atoms with E-state index >= 15 is 0 Å². The lowest BCUT2D eigenvalue weighted by Crippen LogP contribution is -2.33. The number of hydrogen-bond donors (Lipinski definition) is 0. The van der Waals surface area contributed by atoms with Crippen LogP contribution in [0, 0.1) is 5.41 Å². The van der Waals surface area contributed by atoms with Gasteiger partial charge in [-0.25, -0.2) is 0 Å². The molecule has 0 unspecified atom stereocenters. The Hall–Kier alpha value is 0.340. The van der Waals surface area contributed by atoms with E-state index in [-0.39, 0.29) is 0 Å². The molecule has 0 N–H and O–H groups in total. The Morgan fingerprint density at radius 2 is 2.20 bits per heavy atom. The van der Waals surface area contributed by atoms with Crippen molar-refractivity contribution in [1.29, 1.82) is 0 Å². The van der Waals surface area contributed by atoms with Crippen LogP contribution in [-0.4, -0.2) is 11.1 Å². The van der Waals surface area contributed by atoms with E-state index in [0.29, 0.717) is 5.41 Å². The molecule has 0 radical (unpaired) electrons. The third kappa shape index (κ3) is 2.92. The van der Waals surface area contributed by atoms with E-state index in [0.717, 1.165) is 10.4 Å². The van der Waals surface area contributed by atoms with E-state index in [4.69, 9.17) is 11.6 Å². The molecule has 1 aromatic rings. The van der Waals surface area contributed by atoms with Crippen molar-refractivity contribution < 1.29 is 0 Å². The Morgan fingerprint density at radius 3 is 2.73 bits per heavy atom. The first kappa shape index (κ1) is 11.8. The van der Waals surface area contributed by atoms with Crippen LogP contribution in [-0.2, 0) is 0 Å². The second kappa shape index (κ2) is 5.11. The quantitative estimate of drug-likeness (QED) is 0.557. The van der Waals surface area contributed by atoms with Gasteiger partial charge in [-0.05, 0) is 36.5 Å². The number of rotatable bonds is 4. The predicted octanol–water partition coefficient (Wildman–Crippen LogP) is 5.00. The Labute approximate surface area is 109 Å². The summed E-state index contributed by atoms with van der Waals surface area (Å²) < 4.78 is 0. The topological polar surface area (TPSA) is 0 Å². The van der Waals surface area contributed by atoms with Crippen LogP contribution in [0.2, 0.25) is 5.02 Å². The molecule has 0 saturated heterocycles. The zero-order valence-corrected chi connectivity index (χ0v) is 11.7. The molecule has 0 nitrogen and oxygen atoms in total. The maximum absolute atomic E-state index is 5.95. The normalized spacial score (nSPS) is 18.5. The van der Waals surface area contributed by atoms with Gasteiger partial charge in [0.25, 0.3) is 0 Å². The first-order chi connectivity index (χ1) is 7.24. The summed E-state index contributed by atoms with van der Waals surface area (Å²) in [4.78, 5) is 1.29. The fourth-order valence-electron chi connectivity index (χ4n) is 1.79. The minimum atomic E-state index is 0.549. The lowest BCUT2D eigenvalue weighted by molar-refractivity contribution is 0.206. The maximum Gasteiger partial charge on any atom is 0.0417 e. The van der Waals surface area contributed by atoms with E-state index in [9.17, 15) is 0 Å².